The van der Waals surface area contributed by atoms with Crippen molar-refractivity contribution in [3.8, 4) is 0 Å². The van der Waals surface area contributed by atoms with E-state index in [4.69, 9.17) is 4.74 Å². The third-order valence-corrected chi connectivity index (χ3v) is 5.21. The molecule has 10 heteroatoms. The van der Waals surface area contributed by atoms with Crippen molar-refractivity contribution >= 4 is 12.0 Å². The fourth-order valence-corrected chi connectivity index (χ4v) is 3.82. The van der Waals surface area contributed by atoms with Gasteiger partial charge in [-0.05, 0) is 49.3 Å². The molecule has 2 fully saturated rings. The van der Waals surface area contributed by atoms with Crippen molar-refractivity contribution in [3.63, 3.8) is 0 Å². The molecule has 7 nitrogen and oxygen atoms in total. The smallest absolute Gasteiger partial charge is 0.407 e. The van der Waals surface area contributed by atoms with Crippen molar-refractivity contribution in [1.29, 1.82) is 0 Å². The molecule has 160 valence electrons. The molecule has 0 bridgehead atoms. The van der Waals surface area contributed by atoms with Crippen LogP contribution < -0.4 is 21.5 Å². The number of nitrogens with one attached hydrogen (secondary N) is 4. The number of benzene rings is 1. The van der Waals surface area contributed by atoms with Crippen LogP contribution >= 0.6 is 0 Å². The van der Waals surface area contributed by atoms with Crippen molar-refractivity contribution < 1.29 is 27.5 Å². The number of carbonyl (C=O) groups excluding carboxylic acids is 2. The van der Waals surface area contributed by atoms with Gasteiger partial charge in [-0.15, -0.1) is 0 Å². The lowest BCUT2D eigenvalue weighted by Crippen LogP contribution is -2.45. The SMILES string of the molecule is O=C(Cc1ccc(F)cc1)NC1CC([C@H]2CC[C@@H](OC(=O)NCC(F)F)C2)NN1. The van der Waals surface area contributed by atoms with E-state index in [1.807, 2.05) is 5.32 Å². The molecule has 0 aromatic heterocycles. The summed E-state index contributed by atoms with van der Waals surface area (Å²) < 4.78 is 42.3. The van der Waals surface area contributed by atoms with Gasteiger partial charge in [0.25, 0.3) is 6.43 Å². The molecule has 3 rings (SSSR count). The zero-order valence-corrected chi connectivity index (χ0v) is 15.8. The van der Waals surface area contributed by atoms with Gasteiger partial charge in [0.15, 0.2) is 0 Å². The maximum Gasteiger partial charge on any atom is 0.407 e. The molecule has 4 atom stereocenters. The number of halogens is 3. The normalized spacial score (nSPS) is 26.5. The molecule has 0 radical (unpaired) electrons. The van der Waals surface area contributed by atoms with Crippen LogP contribution in [0, 0.1) is 11.7 Å². The van der Waals surface area contributed by atoms with Crippen LogP contribution in [0.1, 0.15) is 31.2 Å². The summed E-state index contributed by atoms with van der Waals surface area (Å²) in [6.45, 7) is -0.720. The van der Waals surface area contributed by atoms with Gasteiger partial charge in [0, 0.05) is 6.04 Å². The Morgan fingerprint density at radius 1 is 1.14 bits per heavy atom. The Morgan fingerprint density at radius 3 is 2.62 bits per heavy atom. The Hall–Kier alpha value is -2.33. The summed E-state index contributed by atoms with van der Waals surface area (Å²) >= 11 is 0. The molecule has 1 aromatic rings. The molecule has 1 aliphatic heterocycles. The Bertz CT molecular complexity index is 704. The monoisotopic (exact) mass is 414 g/mol. The van der Waals surface area contributed by atoms with Crippen LogP contribution in [0.5, 0.6) is 0 Å². The van der Waals surface area contributed by atoms with E-state index in [1.165, 1.54) is 12.1 Å². The molecular weight excluding hydrogens is 389 g/mol. The maximum atomic E-state index is 12.9. The number of rotatable bonds is 7. The fourth-order valence-electron chi connectivity index (χ4n) is 3.82. The van der Waals surface area contributed by atoms with Crippen LogP contribution in [0.3, 0.4) is 0 Å². The van der Waals surface area contributed by atoms with E-state index in [0.29, 0.717) is 19.3 Å². The Balaban J connectivity index is 1.37. The maximum absolute atomic E-state index is 12.9. The second-order valence-electron chi connectivity index (χ2n) is 7.43. The molecule has 4 N–H and O–H groups in total. The second kappa shape index (κ2) is 9.93. The van der Waals surface area contributed by atoms with Crippen molar-refractivity contribution in [2.24, 2.45) is 5.92 Å². The van der Waals surface area contributed by atoms with Crippen LogP contribution in [0.15, 0.2) is 24.3 Å². The van der Waals surface area contributed by atoms with Crippen LogP contribution in [0.4, 0.5) is 18.0 Å². The van der Waals surface area contributed by atoms with Gasteiger partial charge >= 0.3 is 6.09 Å². The third kappa shape index (κ3) is 6.60. The summed E-state index contributed by atoms with van der Waals surface area (Å²) in [6.07, 6.45) is -0.983. The lowest BCUT2D eigenvalue weighted by atomic mass is 9.96. The first-order valence-electron chi connectivity index (χ1n) is 9.66. The first kappa shape index (κ1) is 21.4. The number of carbonyl (C=O) groups is 2. The van der Waals surface area contributed by atoms with Gasteiger partial charge < -0.3 is 15.4 Å². The fraction of sp³-hybridized carbons (Fsp3) is 0.579. The highest BCUT2D eigenvalue weighted by Crippen LogP contribution is 2.32. The molecule has 1 heterocycles. The predicted molar refractivity (Wildman–Crippen MR) is 98.3 cm³/mol. The lowest BCUT2D eigenvalue weighted by molar-refractivity contribution is -0.121. The lowest BCUT2D eigenvalue weighted by Gasteiger charge is -2.18. The van der Waals surface area contributed by atoms with E-state index < -0.39 is 19.1 Å². The van der Waals surface area contributed by atoms with Crippen LogP contribution in [-0.2, 0) is 16.0 Å². The zero-order valence-electron chi connectivity index (χ0n) is 15.8. The summed E-state index contributed by atoms with van der Waals surface area (Å²) in [4.78, 5) is 23.7. The highest BCUT2D eigenvalue weighted by atomic mass is 19.3. The molecule has 1 saturated carbocycles. The number of hydrogen-bond acceptors (Lipinski definition) is 5. The third-order valence-electron chi connectivity index (χ3n) is 5.21. The molecule has 2 unspecified atom stereocenters. The first-order chi connectivity index (χ1) is 13.9. The molecule has 2 amide bonds. The van der Waals surface area contributed by atoms with Crippen molar-refractivity contribution in [2.75, 3.05) is 6.54 Å². The van der Waals surface area contributed by atoms with Gasteiger partial charge in [0.1, 0.15) is 11.9 Å². The Morgan fingerprint density at radius 2 is 1.90 bits per heavy atom. The number of alkyl halides is 2. The van der Waals surface area contributed by atoms with Crippen LogP contribution in [-0.4, -0.2) is 43.3 Å². The average molecular weight is 414 g/mol. The van der Waals surface area contributed by atoms with Gasteiger partial charge in [0.05, 0.1) is 19.1 Å². The van der Waals surface area contributed by atoms with Gasteiger partial charge in [-0.3, -0.25) is 10.2 Å². The standard InChI is InChI=1S/C19H25F3N4O3/c20-13-4-1-11(2-5-13)7-18(27)24-17-9-15(25-26-17)12-3-6-14(8-12)29-19(28)23-10-16(21)22/h1-2,4-5,12,14-17,25-26H,3,6-10H2,(H,23,28)(H,24,27)/t12-,14+,15?,17?/m0/s1. The quantitative estimate of drug-likeness (QED) is 0.547. The summed E-state index contributed by atoms with van der Waals surface area (Å²) in [5.41, 5.74) is 6.95. The molecule has 1 aliphatic carbocycles. The second-order valence-corrected chi connectivity index (χ2v) is 7.43. The van der Waals surface area contributed by atoms with Crippen molar-refractivity contribution in [1.82, 2.24) is 21.5 Å². The number of amides is 2. The van der Waals surface area contributed by atoms with E-state index in [2.05, 4.69) is 16.2 Å². The molecule has 2 aliphatic rings. The molecular formula is C19H25F3N4O3. The minimum atomic E-state index is -2.61. The Labute approximate surface area is 166 Å². The van der Waals surface area contributed by atoms with Crippen molar-refractivity contribution in [2.45, 2.75) is 56.8 Å². The predicted octanol–water partition coefficient (Wildman–Crippen LogP) is 1.84. The first-order valence-corrected chi connectivity index (χ1v) is 9.66. The minimum absolute atomic E-state index is 0.101. The zero-order chi connectivity index (χ0) is 20.8. The summed E-state index contributed by atoms with van der Waals surface area (Å²) in [5.74, 6) is -0.265. The van der Waals surface area contributed by atoms with Gasteiger partial charge in [-0.25, -0.2) is 23.4 Å². The summed E-state index contributed by atoms with van der Waals surface area (Å²) in [6, 6.07) is 5.90. The number of hydrazine groups is 1. The van der Waals surface area contributed by atoms with E-state index >= 15 is 0 Å². The van der Waals surface area contributed by atoms with E-state index in [9.17, 15) is 22.8 Å². The van der Waals surface area contributed by atoms with Crippen LogP contribution in [0.2, 0.25) is 0 Å². The van der Waals surface area contributed by atoms with Gasteiger partial charge in [0.2, 0.25) is 5.91 Å². The van der Waals surface area contributed by atoms with Crippen LogP contribution in [0.25, 0.3) is 0 Å². The average Bonchev–Trinajstić information content (AvgIpc) is 3.31. The van der Waals surface area contributed by atoms with Gasteiger partial charge in [-0.2, -0.15) is 0 Å². The Kier molecular flexibility index (Phi) is 7.32. The largest absolute Gasteiger partial charge is 0.446 e. The minimum Gasteiger partial charge on any atom is -0.446 e. The number of ether oxygens (including phenoxy) is 1. The highest BCUT2D eigenvalue weighted by Gasteiger charge is 2.37. The molecule has 0 spiro atoms. The van der Waals surface area contributed by atoms with E-state index in [-0.39, 0.29) is 42.4 Å². The summed E-state index contributed by atoms with van der Waals surface area (Å²) in [5, 5.41) is 4.93. The topological polar surface area (TPSA) is 91.5 Å². The van der Waals surface area contributed by atoms with E-state index in [0.717, 1.165) is 12.0 Å². The highest BCUT2D eigenvalue weighted by molar-refractivity contribution is 5.78. The van der Waals surface area contributed by atoms with Crippen molar-refractivity contribution in [3.05, 3.63) is 35.6 Å². The van der Waals surface area contributed by atoms with E-state index in [1.54, 1.807) is 12.1 Å². The molecule has 1 aromatic carbocycles. The number of alkyl carbamates (subject to hydrolysis) is 1. The summed E-state index contributed by atoms with van der Waals surface area (Å²) in [7, 11) is 0. The molecule has 29 heavy (non-hydrogen) atoms. The molecule has 1 saturated heterocycles. The van der Waals surface area contributed by atoms with Gasteiger partial charge in [-0.1, -0.05) is 12.1 Å². The number of hydrogen-bond donors (Lipinski definition) is 4.